The lowest BCUT2D eigenvalue weighted by atomic mass is 9.83. The first kappa shape index (κ1) is 45.4. The van der Waals surface area contributed by atoms with Gasteiger partial charge in [-0.25, -0.2) is 0 Å². The number of hydrogen-bond acceptors (Lipinski definition) is 10. The Balaban J connectivity index is 1.43. The third-order valence-corrected chi connectivity index (χ3v) is 13.0. The van der Waals surface area contributed by atoms with Gasteiger partial charge in [-0.05, 0) is 87.9 Å². The first-order valence-corrected chi connectivity index (χ1v) is 21.4. The maximum absolute atomic E-state index is 14.3. The molecule has 56 heavy (non-hydrogen) atoms. The Bertz CT molecular complexity index is 1340. The SMILES string of the molecule is CCC[C@@H](C(=O)N[C@H](C(=O)N[C@@H](CN)C(N)=O)C1CCCCCC1)N(C)C(=O)[C@H](C)[C@@H](CCC1CC2CCC1C2)OC(=O)CNC(=O)[C@@H](C)CO[C@H]1C[C@H](N)C1. The molecule has 0 aromatic rings. The smallest absolute Gasteiger partial charge is 0.325 e. The van der Waals surface area contributed by atoms with Gasteiger partial charge in [0, 0.05) is 19.6 Å². The molecule has 0 saturated heterocycles. The average molecular weight is 790 g/mol. The van der Waals surface area contributed by atoms with E-state index in [1.807, 2.05) is 6.92 Å². The summed E-state index contributed by atoms with van der Waals surface area (Å²) < 4.78 is 11.8. The summed E-state index contributed by atoms with van der Waals surface area (Å²) in [4.78, 5) is 81.4. The van der Waals surface area contributed by atoms with Gasteiger partial charge in [0.25, 0.3) is 0 Å². The Morgan fingerprint density at radius 3 is 2.12 bits per heavy atom. The first-order chi connectivity index (χ1) is 26.7. The highest BCUT2D eigenvalue weighted by atomic mass is 16.5. The minimum atomic E-state index is -1.08. The van der Waals surface area contributed by atoms with E-state index in [1.54, 1.807) is 20.9 Å². The summed E-state index contributed by atoms with van der Waals surface area (Å²) in [7, 11) is 1.58. The Morgan fingerprint density at radius 1 is 0.857 bits per heavy atom. The van der Waals surface area contributed by atoms with Crippen LogP contribution in [0, 0.1) is 35.5 Å². The van der Waals surface area contributed by atoms with Crippen LogP contribution in [0.3, 0.4) is 0 Å². The molecule has 4 rings (SSSR count). The fourth-order valence-electron chi connectivity index (χ4n) is 9.37. The monoisotopic (exact) mass is 790 g/mol. The fraction of sp³-hybridized carbons (Fsp3) is 0.854. The normalized spacial score (nSPS) is 26.6. The fourth-order valence-corrected chi connectivity index (χ4v) is 9.37. The molecule has 0 spiro atoms. The van der Waals surface area contributed by atoms with Crippen molar-refractivity contribution < 1.29 is 38.2 Å². The highest BCUT2D eigenvalue weighted by Gasteiger charge is 2.42. The molecule has 4 aliphatic rings. The molecule has 9 N–H and O–H groups in total. The number of fused-ring (bicyclic) bond motifs is 2. The molecule has 5 amide bonds. The molecule has 0 aromatic carbocycles. The minimum Gasteiger partial charge on any atom is -0.460 e. The zero-order valence-corrected chi connectivity index (χ0v) is 34.3. The molecule has 0 heterocycles. The molecule has 4 aliphatic carbocycles. The minimum absolute atomic E-state index is 0.0565. The highest BCUT2D eigenvalue weighted by molar-refractivity contribution is 5.94. The van der Waals surface area contributed by atoms with Crippen LogP contribution >= 0.6 is 0 Å². The van der Waals surface area contributed by atoms with E-state index in [0.717, 1.165) is 70.1 Å². The van der Waals surface area contributed by atoms with Gasteiger partial charge in [0.05, 0.1) is 24.5 Å². The summed E-state index contributed by atoms with van der Waals surface area (Å²) in [5.41, 5.74) is 17.0. The zero-order chi connectivity index (χ0) is 40.9. The lowest BCUT2D eigenvalue weighted by Crippen LogP contribution is -2.60. The van der Waals surface area contributed by atoms with Crippen molar-refractivity contribution in [3.8, 4) is 0 Å². The van der Waals surface area contributed by atoms with E-state index in [1.165, 1.54) is 24.2 Å². The van der Waals surface area contributed by atoms with Crippen LogP contribution in [0.25, 0.3) is 0 Å². The van der Waals surface area contributed by atoms with Gasteiger partial charge >= 0.3 is 5.97 Å². The summed E-state index contributed by atoms with van der Waals surface area (Å²) in [5.74, 6) is -2.59. The predicted octanol–water partition coefficient (Wildman–Crippen LogP) is 2.02. The van der Waals surface area contributed by atoms with Crippen LogP contribution < -0.4 is 33.2 Å². The third kappa shape index (κ3) is 12.9. The standard InChI is InChI=1S/C41H71N7O8/c1-5-10-33(39(52)47-36(27-11-8-6-7-9-12-27)40(53)46-32(21-42)37(44)50)48(4)41(54)25(3)34(16-15-29-18-26-13-14-28(29)17-26)56-35(49)22-45-38(51)24(2)23-55-31-19-30(43)20-31/h24-34,36H,5-23,42-43H2,1-4H3,(H2,44,50)(H,45,51)(H,46,53)(H,47,52)/t24-,25+,26?,28?,29?,30-,31-,32-,33-,34+,36-/m0/s1. The molecule has 4 saturated carbocycles. The Morgan fingerprint density at radius 2 is 1.55 bits per heavy atom. The number of rotatable bonds is 22. The van der Waals surface area contributed by atoms with Crippen molar-refractivity contribution in [3.05, 3.63) is 0 Å². The van der Waals surface area contributed by atoms with Gasteiger partial charge in [-0.1, -0.05) is 59.3 Å². The second-order valence-electron chi connectivity index (χ2n) is 17.3. The summed E-state index contributed by atoms with van der Waals surface area (Å²) in [6.45, 7) is 5.08. The number of carbonyl (C=O) groups excluding carboxylic acids is 6. The number of esters is 1. The summed E-state index contributed by atoms with van der Waals surface area (Å²) in [6.07, 6.45) is 13.2. The second kappa shape index (κ2) is 22.0. The summed E-state index contributed by atoms with van der Waals surface area (Å²) in [6, 6.07) is -2.78. The van der Waals surface area contributed by atoms with E-state index in [4.69, 9.17) is 26.7 Å². The van der Waals surface area contributed by atoms with E-state index in [9.17, 15) is 28.8 Å². The Hall–Kier alpha value is -3.30. The lowest BCUT2D eigenvalue weighted by Gasteiger charge is -2.34. The number of hydrogen-bond donors (Lipinski definition) is 6. The summed E-state index contributed by atoms with van der Waals surface area (Å²) >= 11 is 0. The quantitative estimate of drug-likeness (QED) is 0.0689. The molecule has 0 radical (unpaired) electrons. The maximum Gasteiger partial charge on any atom is 0.325 e. The van der Waals surface area contributed by atoms with Gasteiger partial charge in [-0.3, -0.25) is 28.8 Å². The van der Waals surface area contributed by atoms with Gasteiger partial charge < -0.3 is 47.5 Å². The van der Waals surface area contributed by atoms with Crippen molar-refractivity contribution in [3.63, 3.8) is 0 Å². The van der Waals surface area contributed by atoms with E-state index in [0.29, 0.717) is 31.1 Å². The van der Waals surface area contributed by atoms with Crippen LogP contribution in [-0.4, -0.2) is 104 Å². The molecule has 4 fully saturated rings. The van der Waals surface area contributed by atoms with E-state index in [2.05, 4.69) is 16.0 Å². The topological polar surface area (TPSA) is 238 Å². The van der Waals surface area contributed by atoms with E-state index < -0.39 is 59.8 Å². The van der Waals surface area contributed by atoms with Crippen LogP contribution in [0.15, 0.2) is 0 Å². The molecule has 15 heteroatoms. The second-order valence-corrected chi connectivity index (χ2v) is 17.3. The maximum atomic E-state index is 14.3. The van der Waals surface area contributed by atoms with E-state index in [-0.39, 0.29) is 49.6 Å². The molecular formula is C41H71N7O8. The average Bonchev–Trinajstić information content (AvgIpc) is 3.69. The Kier molecular flexibility index (Phi) is 17.8. The van der Waals surface area contributed by atoms with Crippen molar-refractivity contribution in [1.29, 1.82) is 0 Å². The zero-order valence-electron chi connectivity index (χ0n) is 34.3. The largest absolute Gasteiger partial charge is 0.460 e. The van der Waals surface area contributed by atoms with Crippen molar-refractivity contribution in [2.45, 2.75) is 160 Å². The number of amides is 5. The van der Waals surface area contributed by atoms with Crippen molar-refractivity contribution in [2.24, 2.45) is 52.7 Å². The molecular weight excluding hydrogens is 718 g/mol. The van der Waals surface area contributed by atoms with Crippen LogP contribution in [0.5, 0.6) is 0 Å². The van der Waals surface area contributed by atoms with Crippen LogP contribution in [0.1, 0.15) is 124 Å². The number of nitrogens with zero attached hydrogens (tertiary/aromatic N) is 1. The number of primary amides is 1. The summed E-state index contributed by atoms with van der Waals surface area (Å²) in [5, 5.41) is 8.26. The number of nitrogens with one attached hydrogen (secondary N) is 3. The van der Waals surface area contributed by atoms with Gasteiger partial charge in [-0.15, -0.1) is 0 Å². The van der Waals surface area contributed by atoms with Crippen molar-refractivity contribution >= 4 is 35.5 Å². The van der Waals surface area contributed by atoms with Gasteiger partial charge in [0.15, 0.2) is 0 Å². The van der Waals surface area contributed by atoms with Crippen molar-refractivity contribution in [2.75, 3.05) is 26.7 Å². The van der Waals surface area contributed by atoms with Crippen molar-refractivity contribution in [1.82, 2.24) is 20.9 Å². The van der Waals surface area contributed by atoms with Gasteiger partial charge in [0.1, 0.15) is 30.8 Å². The van der Waals surface area contributed by atoms with E-state index >= 15 is 0 Å². The number of likely N-dealkylation sites (N-methyl/N-ethyl adjacent to an activating group) is 1. The molecule has 0 aliphatic heterocycles. The number of carbonyl (C=O) groups is 6. The highest BCUT2D eigenvalue weighted by Crippen LogP contribution is 2.50. The number of nitrogens with two attached hydrogens (primary N) is 3. The molecule has 2 bridgehead atoms. The van der Waals surface area contributed by atoms with Crippen LogP contribution in [-0.2, 0) is 38.2 Å². The molecule has 0 aromatic heterocycles. The van der Waals surface area contributed by atoms with Crippen LogP contribution in [0.2, 0.25) is 0 Å². The molecule has 318 valence electrons. The van der Waals surface area contributed by atoms with Gasteiger partial charge in [0.2, 0.25) is 29.5 Å². The first-order valence-electron chi connectivity index (χ1n) is 21.4. The Labute approximate surface area is 333 Å². The molecule has 3 unspecified atom stereocenters. The van der Waals surface area contributed by atoms with Gasteiger partial charge in [-0.2, -0.15) is 0 Å². The molecule has 15 nitrogen and oxygen atoms in total. The van der Waals surface area contributed by atoms with Crippen LogP contribution in [0.4, 0.5) is 0 Å². The third-order valence-electron chi connectivity index (χ3n) is 13.0. The predicted molar refractivity (Wildman–Crippen MR) is 211 cm³/mol. The lowest BCUT2D eigenvalue weighted by molar-refractivity contribution is -0.158. The number of ether oxygens (including phenoxy) is 2. The molecule has 9 atom stereocenters.